The Morgan fingerprint density at radius 1 is 0.939 bits per heavy atom. The van der Waals surface area contributed by atoms with Crippen LogP contribution in [-0.4, -0.2) is 63.2 Å². The zero-order chi connectivity index (χ0) is 23.9. The van der Waals surface area contributed by atoms with Gasteiger partial charge in [-0.05, 0) is 70.0 Å². The van der Waals surface area contributed by atoms with Gasteiger partial charge in [-0.25, -0.2) is 0 Å². The molecule has 0 bridgehead atoms. The second kappa shape index (κ2) is 8.35. The lowest BCUT2D eigenvalue weighted by Gasteiger charge is -2.32. The van der Waals surface area contributed by atoms with Crippen molar-refractivity contribution in [1.29, 1.82) is 0 Å². The Kier molecular flexibility index (Phi) is 5.69. The molecule has 1 fully saturated rings. The summed E-state index contributed by atoms with van der Waals surface area (Å²) in [7, 11) is 0. The summed E-state index contributed by atoms with van der Waals surface area (Å²) >= 11 is 0. The lowest BCUT2D eigenvalue weighted by Crippen LogP contribution is -2.46. The van der Waals surface area contributed by atoms with Crippen molar-refractivity contribution in [2.45, 2.75) is 45.2 Å². The van der Waals surface area contributed by atoms with E-state index < -0.39 is 11.4 Å². The van der Waals surface area contributed by atoms with Crippen LogP contribution >= 0.6 is 0 Å². The standard InChI is InChI=1S/C25H27N3O5/c1-25(2,3)28-23(32)19-8-7-15(14-20(19)24(28)33)21(30)26-17-9-11-27(12-10-17)22(31)16-5-4-6-18(29)13-16/h4-8,13-14,17,29H,9-12H2,1-3H3,(H,26,30). The van der Waals surface area contributed by atoms with Crippen molar-refractivity contribution in [1.82, 2.24) is 15.1 Å². The third-order valence-electron chi connectivity index (χ3n) is 6.03. The van der Waals surface area contributed by atoms with Crippen LogP contribution in [0, 0.1) is 0 Å². The topological polar surface area (TPSA) is 107 Å². The zero-order valence-electron chi connectivity index (χ0n) is 18.9. The Morgan fingerprint density at radius 2 is 1.61 bits per heavy atom. The van der Waals surface area contributed by atoms with Crippen LogP contribution in [-0.2, 0) is 0 Å². The SMILES string of the molecule is CC(C)(C)N1C(=O)c2ccc(C(=O)NC3CCN(C(=O)c4cccc(O)c4)CC3)cc2C1=O. The summed E-state index contributed by atoms with van der Waals surface area (Å²) in [5, 5.41) is 12.6. The lowest BCUT2D eigenvalue weighted by atomic mass is 10.0. The monoisotopic (exact) mass is 449 g/mol. The van der Waals surface area contributed by atoms with Gasteiger partial charge in [-0.1, -0.05) is 6.07 Å². The maximum Gasteiger partial charge on any atom is 0.262 e. The molecule has 0 aliphatic carbocycles. The number of aromatic hydroxyl groups is 1. The first-order valence-corrected chi connectivity index (χ1v) is 11.0. The number of carbonyl (C=O) groups is 4. The van der Waals surface area contributed by atoms with Crippen molar-refractivity contribution in [3.63, 3.8) is 0 Å². The Labute approximate surface area is 192 Å². The molecule has 4 amide bonds. The van der Waals surface area contributed by atoms with Gasteiger partial charge in [-0.3, -0.25) is 24.1 Å². The predicted octanol–water partition coefficient (Wildman–Crippen LogP) is 2.82. The molecule has 0 unspecified atom stereocenters. The quantitative estimate of drug-likeness (QED) is 0.701. The highest BCUT2D eigenvalue weighted by Crippen LogP contribution is 2.30. The van der Waals surface area contributed by atoms with Crippen LogP contribution in [0.3, 0.4) is 0 Å². The molecule has 8 nitrogen and oxygen atoms in total. The minimum absolute atomic E-state index is 0.0446. The zero-order valence-corrected chi connectivity index (χ0v) is 18.9. The largest absolute Gasteiger partial charge is 0.508 e. The Morgan fingerprint density at radius 3 is 2.24 bits per heavy atom. The van der Waals surface area contributed by atoms with E-state index in [1.165, 1.54) is 29.2 Å². The van der Waals surface area contributed by atoms with Crippen LogP contribution in [0.2, 0.25) is 0 Å². The number of likely N-dealkylation sites (tertiary alicyclic amines) is 1. The summed E-state index contributed by atoms with van der Waals surface area (Å²) in [5.74, 6) is -1.16. The van der Waals surface area contributed by atoms with Crippen molar-refractivity contribution in [3.8, 4) is 5.75 Å². The molecule has 2 N–H and O–H groups in total. The summed E-state index contributed by atoms with van der Waals surface area (Å²) in [5.41, 5.74) is 0.655. The first kappa shape index (κ1) is 22.5. The second-order valence-corrected chi connectivity index (χ2v) is 9.47. The predicted molar refractivity (Wildman–Crippen MR) is 121 cm³/mol. The number of fused-ring (bicyclic) bond motifs is 1. The maximum absolute atomic E-state index is 12.8. The third kappa shape index (κ3) is 4.33. The van der Waals surface area contributed by atoms with Gasteiger partial charge < -0.3 is 15.3 Å². The number of phenols is 1. The van der Waals surface area contributed by atoms with Gasteiger partial charge in [0.25, 0.3) is 23.6 Å². The van der Waals surface area contributed by atoms with Crippen LogP contribution in [0.15, 0.2) is 42.5 Å². The molecular formula is C25H27N3O5. The van der Waals surface area contributed by atoms with E-state index >= 15 is 0 Å². The summed E-state index contributed by atoms with van der Waals surface area (Å²) in [6.07, 6.45) is 1.19. The van der Waals surface area contributed by atoms with E-state index in [-0.39, 0.29) is 35.1 Å². The molecule has 2 aromatic carbocycles. The van der Waals surface area contributed by atoms with E-state index in [0.717, 1.165) is 0 Å². The minimum Gasteiger partial charge on any atom is -0.508 e. The van der Waals surface area contributed by atoms with Gasteiger partial charge in [-0.2, -0.15) is 0 Å². The Balaban J connectivity index is 1.39. The molecule has 0 radical (unpaired) electrons. The van der Waals surface area contributed by atoms with E-state index in [0.29, 0.717) is 42.6 Å². The molecule has 0 atom stereocenters. The molecule has 172 valence electrons. The molecule has 2 aliphatic rings. The second-order valence-electron chi connectivity index (χ2n) is 9.47. The Bertz CT molecular complexity index is 1140. The first-order chi connectivity index (χ1) is 15.6. The molecule has 33 heavy (non-hydrogen) atoms. The van der Waals surface area contributed by atoms with Crippen LogP contribution in [0.1, 0.15) is 75.0 Å². The number of hydrogen-bond donors (Lipinski definition) is 2. The fraction of sp³-hybridized carbons (Fsp3) is 0.360. The minimum atomic E-state index is -0.653. The number of nitrogens with one attached hydrogen (secondary N) is 1. The van der Waals surface area contributed by atoms with Gasteiger partial charge in [0.2, 0.25) is 0 Å². The molecule has 8 heteroatoms. The molecule has 2 aliphatic heterocycles. The van der Waals surface area contributed by atoms with E-state index in [1.807, 2.05) is 0 Å². The molecule has 0 saturated carbocycles. The maximum atomic E-state index is 12.8. The highest BCUT2D eigenvalue weighted by atomic mass is 16.3. The van der Waals surface area contributed by atoms with E-state index in [2.05, 4.69) is 5.32 Å². The number of imide groups is 1. The summed E-state index contributed by atoms with van der Waals surface area (Å²) < 4.78 is 0. The molecule has 0 aromatic heterocycles. The fourth-order valence-electron chi connectivity index (χ4n) is 4.31. The normalized spacial score (nSPS) is 16.7. The third-order valence-corrected chi connectivity index (χ3v) is 6.03. The number of amides is 4. The first-order valence-electron chi connectivity index (χ1n) is 11.0. The molecule has 2 heterocycles. The number of benzene rings is 2. The molecule has 4 rings (SSSR count). The van der Waals surface area contributed by atoms with Gasteiger partial charge in [-0.15, -0.1) is 0 Å². The van der Waals surface area contributed by atoms with Crippen LogP contribution in [0.5, 0.6) is 5.75 Å². The average molecular weight is 450 g/mol. The number of phenolic OH excluding ortho intramolecular Hbond substituents is 1. The Hall–Kier alpha value is -3.68. The van der Waals surface area contributed by atoms with Crippen molar-refractivity contribution in [2.75, 3.05) is 13.1 Å². The van der Waals surface area contributed by atoms with Gasteiger partial charge in [0.05, 0.1) is 11.1 Å². The van der Waals surface area contributed by atoms with Crippen molar-refractivity contribution in [2.24, 2.45) is 0 Å². The lowest BCUT2D eigenvalue weighted by molar-refractivity contribution is 0.0507. The number of piperidine rings is 1. The number of rotatable bonds is 3. The number of hydrogen-bond acceptors (Lipinski definition) is 5. The van der Waals surface area contributed by atoms with Crippen molar-refractivity contribution >= 4 is 23.6 Å². The number of nitrogens with zero attached hydrogens (tertiary/aromatic N) is 2. The molecule has 2 aromatic rings. The van der Waals surface area contributed by atoms with Crippen LogP contribution < -0.4 is 5.32 Å². The summed E-state index contributed by atoms with van der Waals surface area (Å²) in [6.45, 7) is 6.34. The van der Waals surface area contributed by atoms with Crippen molar-refractivity contribution in [3.05, 3.63) is 64.7 Å². The molecular weight excluding hydrogens is 422 g/mol. The average Bonchev–Trinajstić information content (AvgIpc) is 3.03. The van der Waals surface area contributed by atoms with Gasteiger partial charge in [0.15, 0.2) is 0 Å². The van der Waals surface area contributed by atoms with Gasteiger partial charge in [0, 0.05) is 35.8 Å². The van der Waals surface area contributed by atoms with Crippen LogP contribution in [0.25, 0.3) is 0 Å². The molecule has 1 saturated heterocycles. The van der Waals surface area contributed by atoms with E-state index in [9.17, 15) is 24.3 Å². The van der Waals surface area contributed by atoms with E-state index in [1.54, 1.807) is 43.9 Å². The van der Waals surface area contributed by atoms with E-state index in [4.69, 9.17) is 0 Å². The highest BCUT2D eigenvalue weighted by molar-refractivity contribution is 6.22. The summed E-state index contributed by atoms with van der Waals surface area (Å²) in [6, 6.07) is 10.7. The van der Waals surface area contributed by atoms with Gasteiger partial charge >= 0.3 is 0 Å². The van der Waals surface area contributed by atoms with Gasteiger partial charge in [0.1, 0.15) is 5.75 Å². The number of carbonyl (C=O) groups excluding carboxylic acids is 4. The smallest absolute Gasteiger partial charge is 0.262 e. The highest BCUT2D eigenvalue weighted by Gasteiger charge is 2.42. The van der Waals surface area contributed by atoms with Crippen LogP contribution in [0.4, 0.5) is 0 Å². The molecule has 0 spiro atoms. The fourth-order valence-corrected chi connectivity index (χ4v) is 4.31. The van der Waals surface area contributed by atoms with Crippen molar-refractivity contribution < 1.29 is 24.3 Å². The summed E-state index contributed by atoms with van der Waals surface area (Å²) in [4.78, 5) is 53.8.